The lowest BCUT2D eigenvalue weighted by molar-refractivity contribution is -0.161. The summed E-state index contributed by atoms with van der Waals surface area (Å²) in [5.74, 6) is -0.704. The van der Waals surface area contributed by atoms with E-state index in [1.807, 2.05) is 25.7 Å². The number of amides is 2. The Kier molecular flexibility index (Phi) is 3.86. The zero-order valence-electron chi connectivity index (χ0n) is 12.5. The molecule has 0 aliphatic carbocycles. The van der Waals surface area contributed by atoms with E-state index in [9.17, 15) is 14.4 Å². The van der Waals surface area contributed by atoms with Crippen molar-refractivity contribution in [3.05, 3.63) is 0 Å². The molecule has 112 valence electrons. The third kappa shape index (κ3) is 2.85. The van der Waals surface area contributed by atoms with E-state index < -0.39 is 17.7 Å². The molecule has 0 aromatic rings. The topological polar surface area (TPSA) is 66.9 Å². The number of ether oxygens (including phenoxy) is 1. The number of likely N-dealkylation sites (N-methyl/N-ethyl adjacent to an activating group) is 1. The Hall–Kier alpha value is -1.43. The maximum atomic E-state index is 12.2. The summed E-state index contributed by atoms with van der Waals surface area (Å²) in [6, 6.07) is -0.921. The van der Waals surface area contributed by atoms with E-state index in [1.54, 1.807) is 0 Å². The molecule has 0 N–H and O–H groups in total. The van der Waals surface area contributed by atoms with Crippen LogP contribution in [0.25, 0.3) is 0 Å². The molecule has 0 bridgehead atoms. The largest absolute Gasteiger partial charge is 0.459 e. The Morgan fingerprint density at radius 1 is 1.30 bits per heavy atom. The van der Waals surface area contributed by atoms with Gasteiger partial charge in [-0.15, -0.1) is 0 Å². The van der Waals surface area contributed by atoms with Crippen LogP contribution < -0.4 is 0 Å². The van der Waals surface area contributed by atoms with Gasteiger partial charge in [0, 0.05) is 7.05 Å². The summed E-state index contributed by atoms with van der Waals surface area (Å²) < 4.78 is 5.41. The molecule has 2 atom stereocenters. The van der Waals surface area contributed by atoms with Crippen molar-refractivity contribution >= 4 is 17.8 Å². The summed E-state index contributed by atoms with van der Waals surface area (Å²) in [6.07, 6.45) is 1.68. The number of likely N-dealkylation sites (tertiary alicyclic amines) is 2. The molecule has 20 heavy (non-hydrogen) atoms. The monoisotopic (exact) mass is 282 g/mol. The fraction of sp³-hybridized carbons (Fsp3) is 0.786. The molecule has 2 aliphatic heterocycles. The van der Waals surface area contributed by atoms with Gasteiger partial charge in [-0.05, 0) is 40.2 Å². The fourth-order valence-corrected chi connectivity index (χ4v) is 2.78. The van der Waals surface area contributed by atoms with Crippen LogP contribution in [0.5, 0.6) is 0 Å². The van der Waals surface area contributed by atoms with Crippen LogP contribution in [0, 0.1) is 0 Å². The van der Waals surface area contributed by atoms with Crippen LogP contribution in [-0.4, -0.2) is 58.9 Å². The van der Waals surface area contributed by atoms with Crippen molar-refractivity contribution in [3.8, 4) is 0 Å². The second kappa shape index (κ2) is 5.16. The first-order chi connectivity index (χ1) is 9.20. The first-order valence-corrected chi connectivity index (χ1v) is 7.00. The van der Waals surface area contributed by atoms with Gasteiger partial charge in [-0.25, -0.2) is 0 Å². The third-order valence-electron chi connectivity index (χ3n) is 3.73. The molecule has 0 radical (unpaired) electrons. The van der Waals surface area contributed by atoms with E-state index in [1.165, 1.54) is 7.05 Å². The SMILES string of the molecule is CN1C(=O)CC(N2CCC[C@H]2C(=O)OC(C)(C)C)C1=O. The lowest BCUT2D eigenvalue weighted by atomic mass is 10.1. The van der Waals surface area contributed by atoms with Crippen LogP contribution >= 0.6 is 0 Å². The summed E-state index contributed by atoms with van der Waals surface area (Å²) in [7, 11) is 1.49. The average Bonchev–Trinajstić information content (AvgIpc) is 2.88. The highest BCUT2D eigenvalue weighted by Gasteiger charge is 2.46. The highest BCUT2D eigenvalue weighted by molar-refractivity contribution is 6.05. The normalized spacial score (nSPS) is 28.3. The quantitative estimate of drug-likeness (QED) is 0.546. The molecule has 2 fully saturated rings. The molecular formula is C14H22N2O4. The molecular weight excluding hydrogens is 260 g/mol. The molecule has 6 heteroatoms. The number of esters is 1. The summed E-state index contributed by atoms with van der Waals surface area (Å²) >= 11 is 0. The standard InChI is InChI=1S/C14H22N2O4/c1-14(2,3)20-13(19)9-6-5-7-16(9)10-8-11(17)15(4)12(10)18/h9-10H,5-8H2,1-4H3/t9-,10?/m0/s1. The van der Waals surface area contributed by atoms with Gasteiger partial charge in [0.2, 0.25) is 11.8 Å². The van der Waals surface area contributed by atoms with Crippen LogP contribution in [-0.2, 0) is 19.1 Å². The lowest BCUT2D eigenvalue weighted by Gasteiger charge is -2.29. The summed E-state index contributed by atoms with van der Waals surface area (Å²) in [5, 5.41) is 0. The number of hydrogen-bond donors (Lipinski definition) is 0. The number of carbonyl (C=O) groups excluding carboxylic acids is 3. The molecule has 0 aromatic carbocycles. The fourth-order valence-electron chi connectivity index (χ4n) is 2.78. The van der Waals surface area contributed by atoms with Crippen molar-refractivity contribution in [1.29, 1.82) is 0 Å². The van der Waals surface area contributed by atoms with Crippen LogP contribution in [0.4, 0.5) is 0 Å². The van der Waals surface area contributed by atoms with E-state index in [0.717, 1.165) is 11.3 Å². The minimum atomic E-state index is -0.544. The summed E-state index contributed by atoms with van der Waals surface area (Å²) in [6.45, 7) is 6.12. The van der Waals surface area contributed by atoms with E-state index in [0.29, 0.717) is 13.0 Å². The van der Waals surface area contributed by atoms with Crippen molar-refractivity contribution in [2.24, 2.45) is 0 Å². The van der Waals surface area contributed by atoms with Crippen molar-refractivity contribution in [1.82, 2.24) is 9.80 Å². The third-order valence-corrected chi connectivity index (χ3v) is 3.73. The van der Waals surface area contributed by atoms with Gasteiger partial charge in [0.05, 0.1) is 12.5 Å². The molecule has 0 spiro atoms. The van der Waals surface area contributed by atoms with E-state index in [4.69, 9.17) is 4.74 Å². The number of hydrogen-bond acceptors (Lipinski definition) is 5. The Morgan fingerprint density at radius 2 is 1.95 bits per heavy atom. The van der Waals surface area contributed by atoms with Crippen LogP contribution in [0.2, 0.25) is 0 Å². The van der Waals surface area contributed by atoms with Crippen LogP contribution in [0.1, 0.15) is 40.0 Å². The highest BCUT2D eigenvalue weighted by Crippen LogP contribution is 2.28. The van der Waals surface area contributed by atoms with Gasteiger partial charge in [-0.3, -0.25) is 24.2 Å². The predicted octanol–water partition coefficient (Wildman–Crippen LogP) is 0.550. The van der Waals surface area contributed by atoms with Gasteiger partial charge < -0.3 is 4.74 Å². The van der Waals surface area contributed by atoms with E-state index in [-0.39, 0.29) is 24.2 Å². The molecule has 2 rings (SSSR count). The molecule has 0 aromatic heterocycles. The zero-order valence-corrected chi connectivity index (χ0v) is 12.5. The second-order valence-corrected chi connectivity index (χ2v) is 6.44. The van der Waals surface area contributed by atoms with Gasteiger partial charge in [0.1, 0.15) is 11.6 Å². The first kappa shape index (κ1) is 15.0. The predicted molar refractivity (Wildman–Crippen MR) is 71.8 cm³/mol. The van der Waals surface area contributed by atoms with Crippen molar-refractivity contribution < 1.29 is 19.1 Å². The Morgan fingerprint density at radius 3 is 2.45 bits per heavy atom. The molecule has 2 aliphatic rings. The van der Waals surface area contributed by atoms with Crippen LogP contribution in [0.15, 0.2) is 0 Å². The minimum Gasteiger partial charge on any atom is -0.459 e. The smallest absolute Gasteiger partial charge is 0.323 e. The maximum absolute atomic E-state index is 12.2. The molecule has 2 heterocycles. The molecule has 6 nitrogen and oxygen atoms in total. The number of carbonyl (C=O) groups is 3. The number of imide groups is 1. The maximum Gasteiger partial charge on any atom is 0.323 e. The molecule has 2 amide bonds. The number of nitrogens with zero attached hydrogens (tertiary/aromatic N) is 2. The minimum absolute atomic E-state index is 0.161. The zero-order chi connectivity index (χ0) is 15.1. The Labute approximate surface area is 119 Å². The molecule has 0 saturated carbocycles. The van der Waals surface area contributed by atoms with Gasteiger partial charge in [-0.1, -0.05) is 0 Å². The Bertz CT molecular complexity index is 441. The first-order valence-electron chi connectivity index (χ1n) is 7.00. The van der Waals surface area contributed by atoms with Crippen molar-refractivity contribution in [2.75, 3.05) is 13.6 Å². The van der Waals surface area contributed by atoms with Crippen molar-refractivity contribution in [2.45, 2.75) is 57.7 Å². The Balaban J connectivity index is 2.10. The van der Waals surface area contributed by atoms with Gasteiger partial charge in [-0.2, -0.15) is 0 Å². The van der Waals surface area contributed by atoms with Gasteiger partial charge in [0.15, 0.2) is 0 Å². The highest BCUT2D eigenvalue weighted by atomic mass is 16.6. The number of rotatable bonds is 2. The van der Waals surface area contributed by atoms with Crippen molar-refractivity contribution in [3.63, 3.8) is 0 Å². The van der Waals surface area contributed by atoms with E-state index in [2.05, 4.69) is 0 Å². The summed E-state index contributed by atoms with van der Waals surface area (Å²) in [5.41, 5.74) is -0.544. The van der Waals surface area contributed by atoms with Gasteiger partial charge >= 0.3 is 5.97 Å². The average molecular weight is 282 g/mol. The van der Waals surface area contributed by atoms with Crippen LogP contribution in [0.3, 0.4) is 0 Å². The second-order valence-electron chi connectivity index (χ2n) is 6.44. The van der Waals surface area contributed by atoms with E-state index >= 15 is 0 Å². The van der Waals surface area contributed by atoms with Gasteiger partial charge in [0.25, 0.3) is 0 Å². The summed E-state index contributed by atoms with van der Waals surface area (Å²) in [4.78, 5) is 38.9. The lowest BCUT2D eigenvalue weighted by Crippen LogP contribution is -2.48. The molecule has 1 unspecified atom stereocenters. The molecule has 2 saturated heterocycles.